The third kappa shape index (κ3) is 4.75. The molecule has 6 heteroatoms. The Morgan fingerprint density at radius 1 is 1.04 bits per heavy atom. The van der Waals surface area contributed by atoms with Crippen molar-refractivity contribution in [2.24, 2.45) is 0 Å². The third-order valence-electron chi connectivity index (χ3n) is 3.41. The van der Waals surface area contributed by atoms with Crippen LogP contribution in [0.25, 0.3) is 0 Å². The number of carbonyl (C=O) groups excluding carboxylic acids is 1. The van der Waals surface area contributed by atoms with E-state index in [0.717, 1.165) is 5.56 Å². The van der Waals surface area contributed by atoms with Crippen LogP contribution in [0.5, 0.6) is 0 Å². The van der Waals surface area contributed by atoms with Crippen molar-refractivity contribution < 1.29 is 14.7 Å². The molecule has 2 rings (SSSR count). The lowest BCUT2D eigenvalue weighted by Crippen LogP contribution is -2.33. The predicted molar refractivity (Wildman–Crippen MR) is 93.5 cm³/mol. The van der Waals surface area contributed by atoms with Crippen molar-refractivity contribution in [3.8, 4) is 0 Å². The molecule has 3 N–H and O–H groups in total. The van der Waals surface area contributed by atoms with E-state index in [1.807, 2.05) is 30.3 Å². The molecule has 0 aromatic heterocycles. The van der Waals surface area contributed by atoms with Gasteiger partial charge in [-0.2, -0.15) is 12.6 Å². The summed E-state index contributed by atoms with van der Waals surface area (Å²) in [5, 5.41) is 14.4. The molecule has 1 unspecified atom stereocenters. The number of hydrogen-bond acceptors (Lipinski definition) is 3. The second-order valence-electron chi connectivity index (χ2n) is 4.98. The van der Waals surface area contributed by atoms with Crippen molar-refractivity contribution in [1.82, 2.24) is 5.32 Å². The number of para-hydroxylation sites is 1. The molecule has 0 radical (unpaired) electrons. The highest BCUT2D eigenvalue weighted by atomic mass is 32.1. The van der Waals surface area contributed by atoms with Crippen LogP contribution in [0.2, 0.25) is 0 Å². The number of nitrogens with one attached hydrogen (secondary N) is 2. The van der Waals surface area contributed by atoms with Gasteiger partial charge in [-0.25, -0.2) is 9.59 Å². The van der Waals surface area contributed by atoms with Crippen LogP contribution < -0.4 is 10.6 Å². The number of aromatic carboxylic acids is 1. The van der Waals surface area contributed by atoms with Crippen molar-refractivity contribution in [3.63, 3.8) is 0 Å². The number of thiol groups is 1. The molecule has 2 aromatic rings. The monoisotopic (exact) mass is 330 g/mol. The summed E-state index contributed by atoms with van der Waals surface area (Å²) in [7, 11) is 0. The predicted octanol–water partition coefficient (Wildman–Crippen LogP) is 3.22. The van der Waals surface area contributed by atoms with Gasteiger partial charge < -0.3 is 15.7 Å². The number of carbonyl (C=O) groups is 2. The van der Waals surface area contributed by atoms with Crippen LogP contribution in [0.3, 0.4) is 0 Å². The SMILES string of the molecule is O=C(NCC(CS)c1ccccc1)Nc1ccccc1C(=O)O. The fourth-order valence-corrected chi connectivity index (χ4v) is 2.51. The molecular weight excluding hydrogens is 312 g/mol. The van der Waals surface area contributed by atoms with Gasteiger partial charge in [-0.1, -0.05) is 42.5 Å². The fraction of sp³-hybridized carbons (Fsp3) is 0.176. The van der Waals surface area contributed by atoms with Gasteiger partial charge >= 0.3 is 12.0 Å². The first-order valence-electron chi connectivity index (χ1n) is 7.14. The van der Waals surface area contributed by atoms with E-state index in [-0.39, 0.29) is 17.2 Å². The van der Waals surface area contributed by atoms with Crippen molar-refractivity contribution in [3.05, 3.63) is 65.7 Å². The molecule has 5 nitrogen and oxygen atoms in total. The molecule has 0 bridgehead atoms. The van der Waals surface area contributed by atoms with Crippen molar-refractivity contribution in [1.29, 1.82) is 0 Å². The van der Waals surface area contributed by atoms with E-state index < -0.39 is 12.0 Å². The summed E-state index contributed by atoms with van der Waals surface area (Å²) < 4.78 is 0. The van der Waals surface area contributed by atoms with Crippen LogP contribution in [-0.4, -0.2) is 29.4 Å². The fourth-order valence-electron chi connectivity index (χ4n) is 2.17. The Hall–Kier alpha value is -2.47. The highest BCUT2D eigenvalue weighted by Gasteiger charge is 2.14. The van der Waals surface area contributed by atoms with E-state index in [2.05, 4.69) is 23.3 Å². The summed E-state index contributed by atoms with van der Waals surface area (Å²) in [5.41, 5.74) is 1.41. The van der Waals surface area contributed by atoms with Crippen LogP contribution in [0, 0.1) is 0 Å². The van der Waals surface area contributed by atoms with E-state index >= 15 is 0 Å². The summed E-state index contributed by atoms with van der Waals surface area (Å²) >= 11 is 4.32. The molecule has 0 aliphatic carbocycles. The highest BCUT2D eigenvalue weighted by molar-refractivity contribution is 7.80. The first-order chi connectivity index (χ1) is 11.1. The van der Waals surface area contributed by atoms with Gasteiger partial charge in [0, 0.05) is 12.5 Å². The molecular formula is C17H18N2O3S. The van der Waals surface area contributed by atoms with Gasteiger partial charge in [-0.15, -0.1) is 0 Å². The zero-order valence-electron chi connectivity index (χ0n) is 12.4. The summed E-state index contributed by atoms with van der Waals surface area (Å²) in [4.78, 5) is 23.1. The maximum absolute atomic E-state index is 12.0. The lowest BCUT2D eigenvalue weighted by Gasteiger charge is -2.16. The van der Waals surface area contributed by atoms with Crippen molar-refractivity contribution in [2.75, 3.05) is 17.6 Å². The Morgan fingerprint density at radius 3 is 2.35 bits per heavy atom. The van der Waals surface area contributed by atoms with Gasteiger partial charge in [-0.3, -0.25) is 0 Å². The molecule has 0 aliphatic heterocycles. The van der Waals surface area contributed by atoms with Gasteiger partial charge in [0.15, 0.2) is 0 Å². The van der Waals surface area contributed by atoms with Gasteiger partial charge in [0.25, 0.3) is 0 Å². The molecule has 1 atom stereocenters. The first kappa shape index (κ1) is 16.9. The molecule has 0 heterocycles. The van der Waals surface area contributed by atoms with Gasteiger partial charge in [-0.05, 0) is 23.4 Å². The Balaban J connectivity index is 1.96. The minimum Gasteiger partial charge on any atom is -0.478 e. The molecule has 2 amide bonds. The Labute approximate surface area is 140 Å². The van der Waals surface area contributed by atoms with E-state index in [9.17, 15) is 9.59 Å². The Bertz CT molecular complexity index is 677. The largest absolute Gasteiger partial charge is 0.478 e. The average molecular weight is 330 g/mol. The third-order valence-corrected chi connectivity index (χ3v) is 3.85. The topological polar surface area (TPSA) is 78.4 Å². The lowest BCUT2D eigenvalue weighted by molar-refractivity contribution is 0.0698. The molecule has 0 aliphatic rings. The summed E-state index contributed by atoms with van der Waals surface area (Å²) in [6.45, 7) is 0.411. The van der Waals surface area contributed by atoms with Gasteiger partial charge in [0.05, 0.1) is 11.3 Å². The van der Waals surface area contributed by atoms with E-state index in [1.165, 1.54) is 6.07 Å². The molecule has 0 fully saturated rings. The van der Waals surface area contributed by atoms with Gasteiger partial charge in [0.1, 0.15) is 0 Å². The minimum atomic E-state index is -1.08. The zero-order chi connectivity index (χ0) is 16.7. The van der Waals surface area contributed by atoms with Crippen molar-refractivity contribution in [2.45, 2.75) is 5.92 Å². The smallest absolute Gasteiger partial charge is 0.337 e. The number of anilines is 1. The number of carboxylic acids is 1. The summed E-state index contributed by atoms with van der Waals surface area (Å²) in [5.74, 6) is -0.408. The van der Waals surface area contributed by atoms with Gasteiger partial charge in [0.2, 0.25) is 0 Å². The Morgan fingerprint density at radius 2 is 1.70 bits per heavy atom. The molecule has 0 saturated heterocycles. The molecule has 23 heavy (non-hydrogen) atoms. The molecule has 2 aromatic carbocycles. The van der Waals surface area contributed by atoms with E-state index in [1.54, 1.807) is 18.2 Å². The molecule has 0 spiro atoms. The molecule has 120 valence electrons. The van der Waals surface area contributed by atoms with Crippen LogP contribution in [-0.2, 0) is 0 Å². The number of amides is 2. The normalized spacial score (nSPS) is 11.5. The van der Waals surface area contributed by atoms with Crippen LogP contribution in [0.15, 0.2) is 54.6 Å². The van der Waals surface area contributed by atoms with Crippen LogP contribution in [0.1, 0.15) is 21.8 Å². The van der Waals surface area contributed by atoms with Crippen LogP contribution in [0.4, 0.5) is 10.5 Å². The number of rotatable bonds is 6. The standard InChI is InChI=1S/C17H18N2O3S/c20-16(21)14-8-4-5-9-15(14)19-17(22)18-10-13(11-23)12-6-2-1-3-7-12/h1-9,13,23H,10-11H2,(H,20,21)(H2,18,19,22). The van der Waals surface area contributed by atoms with Crippen LogP contribution >= 0.6 is 12.6 Å². The second-order valence-corrected chi connectivity index (χ2v) is 5.34. The maximum atomic E-state index is 12.0. The second kappa shape index (κ2) is 8.24. The lowest BCUT2D eigenvalue weighted by atomic mass is 10.0. The van der Waals surface area contributed by atoms with E-state index in [4.69, 9.17) is 5.11 Å². The summed E-state index contributed by atoms with van der Waals surface area (Å²) in [6.07, 6.45) is 0. The Kier molecular flexibility index (Phi) is 6.05. The number of urea groups is 1. The number of benzene rings is 2. The highest BCUT2D eigenvalue weighted by Crippen LogP contribution is 2.17. The number of carboxylic acid groups (broad SMARTS) is 1. The average Bonchev–Trinajstić information content (AvgIpc) is 2.56. The quantitative estimate of drug-likeness (QED) is 0.614. The molecule has 0 saturated carbocycles. The number of hydrogen-bond donors (Lipinski definition) is 4. The first-order valence-corrected chi connectivity index (χ1v) is 7.78. The maximum Gasteiger partial charge on any atom is 0.337 e. The van der Waals surface area contributed by atoms with E-state index in [0.29, 0.717) is 12.3 Å². The zero-order valence-corrected chi connectivity index (χ0v) is 13.3. The minimum absolute atomic E-state index is 0.0523. The van der Waals surface area contributed by atoms with Crippen molar-refractivity contribution >= 4 is 30.3 Å². The summed E-state index contributed by atoms with van der Waals surface area (Å²) in [6, 6.07) is 15.6.